The second-order valence-electron chi connectivity index (χ2n) is 8.80. The standard InChI is InChI=1S/C21H35BrF2N2O3SSi/c1-9-29-19(27)17(24)21(8,26-30(28)20(5,6)7)18-16(23)14(13-15(22)25-18)31(10-2,11-3)12-4/h13,17,26H,9-12H2,1-8H3/t17-,21-,30+/m0/s1. The summed E-state index contributed by atoms with van der Waals surface area (Å²) in [5.74, 6) is -1.80. The first-order valence-corrected chi connectivity index (χ1v) is 15.2. The van der Waals surface area contributed by atoms with Gasteiger partial charge in [0.2, 0.25) is 6.17 Å². The minimum Gasteiger partial charge on any atom is -0.598 e. The number of carbonyl (C=O) groups excluding carboxylic acids is 1. The SMILES string of the molecule is CCOC(=O)[C@H](F)[C@](C)(N[S@+]([O-])C(C)(C)C)c1nc(Br)cc([Si](CC)(CC)CC)c1F. The Balaban J connectivity index is 3.82. The van der Waals surface area contributed by atoms with Gasteiger partial charge in [-0.15, -0.1) is 4.72 Å². The molecule has 0 spiro atoms. The van der Waals surface area contributed by atoms with Crippen molar-refractivity contribution in [3.05, 3.63) is 22.2 Å². The molecule has 5 nitrogen and oxygen atoms in total. The Morgan fingerprint density at radius 3 is 2.19 bits per heavy atom. The van der Waals surface area contributed by atoms with Gasteiger partial charge in [0.15, 0.2) is 0 Å². The van der Waals surface area contributed by atoms with Gasteiger partial charge in [-0.1, -0.05) is 38.9 Å². The third kappa shape index (κ3) is 6.07. The molecule has 0 saturated carbocycles. The van der Waals surface area contributed by atoms with Crippen LogP contribution in [0.2, 0.25) is 18.1 Å². The fourth-order valence-corrected chi connectivity index (χ4v) is 8.75. The fourth-order valence-electron chi connectivity index (χ4n) is 3.57. The lowest BCUT2D eigenvalue weighted by Gasteiger charge is -2.37. The molecule has 0 saturated heterocycles. The highest BCUT2D eigenvalue weighted by molar-refractivity contribution is 9.10. The maximum absolute atomic E-state index is 16.1. The summed E-state index contributed by atoms with van der Waals surface area (Å²) in [4.78, 5) is 16.6. The number of hydrogen-bond donors (Lipinski definition) is 1. The lowest BCUT2D eigenvalue weighted by Crippen LogP contribution is -2.58. The number of rotatable bonds is 10. The third-order valence-electron chi connectivity index (χ3n) is 5.88. The smallest absolute Gasteiger partial charge is 0.343 e. The van der Waals surface area contributed by atoms with Crippen LogP contribution < -0.4 is 9.91 Å². The Labute approximate surface area is 197 Å². The van der Waals surface area contributed by atoms with Crippen molar-refractivity contribution >= 4 is 46.5 Å². The van der Waals surface area contributed by atoms with Gasteiger partial charge in [-0.05, 0) is 61.8 Å². The van der Waals surface area contributed by atoms with E-state index in [9.17, 15) is 9.35 Å². The van der Waals surface area contributed by atoms with E-state index >= 15 is 8.78 Å². The van der Waals surface area contributed by atoms with Crippen LogP contribution in [0.4, 0.5) is 8.78 Å². The summed E-state index contributed by atoms with van der Waals surface area (Å²) < 4.78 is 51.6. The maximum Gasteiger partial charge on any atom is 0.343 e. The highest BCUT2D eigenvalue weighted by atomic mass is 79.9. The van der Waals surface area contributed by atoms with Crippen LogP contribution in [0.25, 0.3) is 0 Å². The van der Waals surface area contributed by atoms with Crippen LogP contribution in [0.15, 0.2) is 10.7 Å². The second-order valence-corrected chi connectivity index (χ2v) is 16.8. The van der Waals surface area contributed by atoms with Crippen molar-refractivity contribution in [2.45, 2.75) is 90.0 Å². The second kappa shape index (κ2) is 11.0. The molecule has 10 heteroatoms. The Morgan fingerprint density at radius 1 is 1.26 bits per heavy atom. The van der Waals surface area contributed by atoms with Crippen LogP contribution in [0, 0.1) is 5.82 Å². The van der Waals surface area contributed by atoms with E-state index < -0.39 is 47.7 Å². The van der Waals surface area contributed by atoms with E-state index in [1.54, 1.807) is 33.8 Å². The van der Waals surface area contributed by atoms with Crippen LogP contribution in [-0.4, -0.2) is 41.1 Å². The summed E-state index contributed by atoms with van der Waals surface area (Å²) in [6.07, 6.45) is -2.32. The third-order valence-corrected chi connectivity index (χ3v) is 13.6. The molecule has 0 aromatic carbocycles. The summed E-state index contributed by atoms with van der Waals surface area (Å²) in [5.41, 5.74) is -2.27. The molecule has 178 valence electrons. The molecule has 0 radical (unpaired) electrons. The van der Waals surface area contributed by atoms with Crippen molar-refractivity contribution < 1.29 is 22.9 Å². The van der Waals surface area contributed by atoms with E-state index in [1.165, 1.54) is 6.92 Å². The molecule has 0 unspecified atom stereocenters. The predicted molar refractivity (Wildman–Crippen MR) is 129 cm³/mol. The van der Waals surface area contributed by atoms with Crippen molar-refractivity contribution in [2.24, 2.45) is 0 Å². The molecule has 1 rings (SSSR count). The largest absolute Gasteiger partial charge is 0.598 e. The molecule has 0 aliphatic rings. The van der Waals surface area contributed by atoms with Crippen molar-refractivity contribution in [2.75, 3.05) is 6.61 Å². The van der Waals surface area contributed by atoms with Gasteiger partial charge in [0.1, 0.15) is 26.4 Å². The average molecular weight is 542 g/mol. The number of alkyl halides is 1. The predicted octanol–water partition coefficient (Wildman–Crippen LogP) is 4.87. The molecule has 1 heterocycles. The topological polar surface area (TPSA) is 74.3 Å². The van der Waals surface area contributed by atoms with E-state index in [1.807, 2.05) is 20.8 Å². The lowest BCUT2D eigenvalue weighted by atomic mass is 9.92. The maximum atomic E-state index is 16.1. The summed E-state index contributed by atoms with van der Waals surface area (Å²) in [5, 5.41) is 0.530. The van der Waals surface area contributed by atoms with E-state index in [0.717, 1.165) is 18.1 Å². The highest BCUT2D eigenvalue weighted by Crippen LogP contribution is 2.34. The summed E-state index contributed by atoms with van der Waals surface area (Å²) in [6, 6.07) is 4.09. The molecule has 1 N–H and O–H groups in total. The van der Waals surface area contributed by atoms with E-state index in [0.29, 0.717) is 9.79 Å². The number of aromatic nitrogens is 1. The highest BCUT2D eigenvalue weighted by Gasteiger charge is 2.51. The van der Waals surface area contributed by atoms with E-state index in [4.69, 9.17) is 4.74 Å². The number of halogens is 3. The van der Waals surface area contributed by atoms with Gasteiger partial charge >= 0.3 is 5.97 Å². The van der Waals surface area contributed by atoms with Gasteiger partial charge < -0.3 is 9.29 Å². The first-order valence-electron chi connectivity index (χ1n) is 10.6. The monoisotopic (exact) mass is 540 g/mol. The molecular weight excluding hydrogens is 506 g/mol. The Hall–Kier alpha value is -0.553. The molecule has 0 amide bonds. The molecule has 0 aliphatic carbocycles. The molecular formula is C21H35BrF2N2O3SSi. The Morgan fingerprint density at radius 2 is 1.77 bits per heavy atom. The van der Waals surface area contributed by atoms with Gasteiger partial charge in [-0.3, -0.25) is 0 Å². The molecule has 0 aliphatic heterocycles. The van der Waals surface area contributed by atoms with E-state index in [2.05, 4.69) is 25.6 Å². The number of ether oxygens (including phenoxy) is 1. The zero-order valence-electron chi connectivity index (χ0n) is 19.7. The van der Waals surface area contributed by atoms with Crippen molar-refractivity contribution in [3.8, 4) is 0 Å². The summed E-state index contributed by atoms with van der Waals surface area (Å²) in [6.45, 7) is 14.1. The number of esters is 1. The minimum absolute atomic E-state index is 0.0329. The minimum atomic E-state index is -2.32. The average Bonchev–Trinajstić information content (AvgIpc) is 2.70. The zero-order chi connectivity index (χ0) is 24.2. The normalized spacial score (nSPS) is 16.5. The fraction of sp³-hybridized carbons (Fsp3) is 0.714. The van der Waals surface area contributed by atoms with Gasteiger partial charge in [0.25, 0.3) is 0 Å². The van der Waals surface area contributed by atoms with Crippen LogP contribution in [0.1, 0.15) is 61.1 Å². The number of pyridine rings is 1. The van der Waals surface area contributed by atoms with Gasteiger partial charge in [0, 0.05) is 11.4 Å². The molecule has 31 heavy (non-hydrogen) atoms. The molecule has 1 aromatic heterocycles. The van der Waals surface area contributed by atoms with Crippen LogP contribution in [-0.2, 0) is 26.4 Å². The number of nitrogens with zero attached hydrogens (tertiary/aromatic N) is 1. The molecule has 0 bridgehead atoms. The lowest BCUT2D eigenvalue weighted by molar-refractivity contribution is -0.152. The Bertz CT molecular complexity index is 769. The molecule has 3 atom stereocenters. The first kappa shape index (κ1) is 28.5. The number of hydrogen-bond acceptors (Lipinski definition) is 5. The molecule has 1 aromatic rings. The van der Waals surface area contributed by atoms with Gasteiger partial charge in [-0.2, -0.15) is 0 Å². The first-order chi connectivity index (χ1) is 14.2. The van der Waals surface area contributed by atoms with Gasteiger partial charge in [0.05, 0.1) is 14.7 Å². The number of nitrogens with one attached hydrogen (secondary N) is 1. The molecule has 0 fully saturated rings. The summed E-state index contributed by atoms with van der Waals surface area (Å²) >= 11 is 1.54. The van der Waals surface area contributed by atoms with Crippen molar-refractivity contribution in [1.82, 2.24) is 9.71 Å². The van der Waals surface area contributed by atoms with E-state index in [-0.39, 0.29) is 12.3 Å². The van der Waals surface area contributed by atoms with Gasteiger partial charge in [-0.25, -0.2) is 18.6 Å². The van der Waals surface area contributed by atoms with Crippen LogP contribution >= 0.6 is 15.9 Å². The summed E-state index contributed by atoms with van der Waals surface area (Å²) in [7, 11) is -2.22. The van der Waals surface area contributed by atoms with Crippen LogP contribution in [0.5, 0.6) is 0 Å². The van der Waals surface area contributed by atoms with Crippen molar-refractivity contribution in [3.63, 3.8) is 0 Å². The van der Waals surface area contributed by atoms with Crippen LogP contribution in [0.3, 0.4) is 0 Å². The zero-order valence-corrected chi connectivity index (χ0v) is 23.1. The number of carbonyl (C=O) groups is 1. The Kier molecular flexibility index (Phi) is 10.1. The van der Waals surface area contributed by atoms with Crippen molar-refractivity contribution in [1.29, 1.82) is 0 Å². The quantitative estimate of drug-likeness (QED) is 0.198.